The van der Waals surface area contributed by atoms with Crippen LogP contribution < -0.4 is 9.47 Å². The molecule has 4 nitrogen and oxygen atoms in total. The molecule has 0 bridgehead atoms. The fourth-order valence-corrected chi connectivity index (χ4v) is 12.6. The van der Waals surface area contributed by atoms with Crippen LogP contribution >= 0.6 is 0 Å². The van der Waals surface area contributed by atoms with Gasteiger partial charge in [-0.05, 0) is 220 Å². The van der Waals surface area contributed by atoms with E-state index in [1.165, 1.54) is 103 Å². The van der Waals surface area contributed by atoms with E-state index in [0.29, 0.717) is 29.8 Å². The quantitative estimate of drug-likeness (QED) is 0.131. The second-order valence-corrected chi connectivity index (χ2v) is 20.2. The van der Waals surface area contributed by atoms with E-state index in [9.17, 15) is 10.2 Å². The number of phenols is 2. The number of aryl methyl sites for hydroxylation is 4. The third kappa shape index (κ3) is 8.56. The molecule has 5 aliphatic carbocycles. The second kappa shape index (κ2) is 18.9. The van der Waals surface area contributed by atoms with E-state index in [1.54, 1.807) is 5.57 Å². The first-order chi connectivity index (χ1) is 31.8. The summed E-state index contributed by atoms with van der Waals surface area (Å²) in [6, 6.07) is 27.8. The topological polar surface area (TPSA) is 58.9 Å². The van der Waals surface area contributed by atoms with E-state index in [0.717, 1.165) is 107 Å². The number of fused-ring (bicyclic) bond motifs is 4. The number of rotatable bonds is 12. The van der Waals surface area contributed by atoms with Gasteiger partial charge < -0.3 is 19.7 Å². The average Bonchev–Trinajstić information content (AvgIpc) is 3.33. The first-order valence-electron chi connectivity index (χ1n) is 25.6. The van der Waals surface area contributed by atoms with Crippen LogP contribution in [-0.4, -0.2) is 22.4 Å². The van der Waals surface area contributed by atoms with Gasteiger partial charge in [0.2, 0.25) is 0 Å². The summed E-state index contributed by atoms with van der Waals surface area (Å²) in [5.41, 5.74) is 19.5. The first kappa shape index (κ1) is 43.7. The Hall–Kier alpha value is -5.22. The van der Waals surface area contributed by atoms with Gasteiger partial charge in [-0.15, -0.1) is 0 Å². The normalized spacial score (nSPS) is 20.2. The maximum atomic E-state index is 12.5. The van der Waals surface area contributed by atoms with Crippen molar-refractivity contribution in [3.8, 4) is 56.4 Å². The van der Waals surface area contributed by atoms with Crippen molar-refractivity contribution in [1.29, 1.82) is 0 Å². The molecule has 4 heteroatoms. The summed E-state index contributed by atoms with van der Waals surface area (Å²) < 4.78 is 14.0. The van der Waals surface area contributed by atoms with E-state index in [2.05, 4.69) is 101 Å². The van der Waals surface area contributed by atoms with Crippen LogP contribution in [0.5, 0.6) is 23.0 Å². The van der Waals surface area contributed by atoms with Gasteiger partial charge in [0.15, 0.2) is 0 Å². The van der Waals surface area contributed by atoms with Gasteiger partial charge in [0.1, 0.15) is 35.2 Å². The predicted octanol–water partition coefficient (Wildman–Crippen LogP) is 16.0. The maximum absolute atomic E-state index is 12.5. The molecule has 10 rings (SSSR count). The zero-order valence-electron chi connectivity index (χ0n) is 39.5. The van der Waals surface area contributed by atoms with Crippen molar-refractivity contribution in [3.63, 3.8) is 0 Å². The minimum absolute atomic E-state index is 0.115. The molecule has 5 aromatic carbocycles. The highest BCUT2D eigenvalue weighted by molar-refractivity contribution is 5.89. The van der Waals surface area contributed by atoms with Crippen molar-refractivity contribution in [2.75, 3.05) is 0 Å². The summed E-state index contributed by atoms with van der Waals surface area (Å²) in [6.45, 7) is 8.72. The Bertz CT molecular complexity index is 2610. The standard InChI is InChI=1S/C61H70O4/c1-5-44(64-56-29-17-15-27-50(56)52-31-38(3)33-54(60(52)62)58-46-23-11-7-19-40(46)35-41-20-8-12-24-47(41)58)37-45(6-2)65-57-30-18-16-28-51(57)53-32-39(4)34-55(61(53)63)59-48-25-13-9-21-42(48)36-43-22-10-14-26-49(43)59/h15-18,27-36,40,44-46,62-63H,5-14,19-26,37H2,1-4H3/t40?,44-,45?,46?/m0/s1. The second-order valence-electron chi connectivity index (χ2n) is 20.2. The van der Waals surface area contributed by atoms with Crippen LogP contribution in [0.3, 0.4) is 0 Å². The Balaban J connectivity index is 0.939. The van der Waals surface area contributed by atoms with Crippen molar-refractivity contribution in [3.05, 3.63) is 135 Å². The van der Waals surface area contributed by atoms with Gasteiger partial charge in [-0.1, -0.05) is 75.2 Å². The number of phenolic OH excluding ortho intramolecular Hbond substituents is 2. The molecular formula is C61H70O4. The molecule has 0 aliphatic heterocycles. The SMILES string of the molecule is CCC(C[C@H](CC)Oc1ccccc1-c1cc(C)cc(C2=C3CCCCC3=CC3CCCCC23)c1O)Oc1ccccc1-c1cc(C)cc(-c2c3c(cc4c2CCCC4)CCCC3)c1O. The summed E-state index contributed by atoms with van der Waals surface area (Å²) in [5, 5.41) is 24.9. The molecule has 0 saturated heterocycles. The molecule has 338 valence electrons. The van der Waals surface area contributed by atoms with E-state index in [4.69, 9.17) is 9.47 Å². The van der Waals surface area contributed by atoms with Crippen LogP contribution in [-0.2, 0) is 25.7 Å². The van der Waals surface area contributed by atoms with Gasteiger partial charge in [-0.3, -0.25) is 0 Å². The lowest BCUT2D eigenvalue weighted by molar-refractivity contribution is 0.106. The van der Waals surface area contributed by atoms with Crippen molar-refractivity contribution in [1.82, 2.24) is 0 Å². The lowest BCUT2D eigenvalue weighted by Crippen LogP contribution is -2.27. The van der Waals surface area contributed by atoms with Crippen LogP contribution in [0.15, 0.2) is 96.1 Å². The van der Waals surface area contributed by atoms with E-state index < -0.39 is 0 Å². The van der Waals surface area contributed by atoms with Gasteiger partial charge in [-0.2, -0.15) is 0 Å². The Morgan fingerprint density at radius 3 is 1.66 bits per heavy atom. The Labute approximate surface area is 388 Å². The molecule has 2 fully saturated rings. The maximum Gasteiger partial charge on any atom is 0.131 e. The zero-order chi connectivity index (χ0) is 44.6. The summed E-state index contributed by atoms with van der Waals surface area (Å²) in [6.07, 6.45) is 23.8. The molecule has 3 unspecified atom stereocenters. The fraction of sp³-hybridized carbons (Fsp3) is 0.443. The summed E-state index contributed by atoms with van der Waals surface area (Å²) in [7, 11) is 0. The third-order valence-electron chi connectivity index (χ3n) is 15.9. The first-order valence-corrected chi connectivity index (χ1v) is 25.6. The van der Waals surface area contributed by atoms with Crippen molar-refractivity contribution in [2.45, 2.75) is 162 Å². The highest BCUT2D eigenvalue weighted by atomic mass is 16.5. The van der Waals surface area contributed by atoms with Crippen molar-refractivity contribution < 1.29 is 19.7 Å². The third-order valence-corrected chi connectivity index (χ3v) is 15.9. The van der Waals surface area contributed by atoms with Gasteiger partial charge in [0.25, 0.3) is 0 Å². The lowest BCUT2D eigenvalue weighted by Gasteiger charge is -2.40. The minimum atomic E-state index is -0.118. The molecule has 0 radical (unpaired) electrons. The molecule has 0 spiro atoms. The number of allylic oxidation sites excluding steroid dienone is 4. The average molecular weight is 867 g/mol. The summed E-state index contributed by atoms with van der Waals surface area (Å²) in [4.78, 5) is 0. The number of hydrogen-bond donors (Lipinski definition) is 2. The largest absolute Gasteiger partial charge is 0.507 e. The zero-order valence-corrected chi connectivity index (χ0v) is 39.5. The van der Waals surface area contributed by atoms with Gasteiger partial charge in [0, 0.05) is 39.8 Å². The molecule has 5 aliphatic rings. The van der Waals surface area contributed by atoms with E-state index in [-0.39, 0.29) is 12.2 Å². The molecule has 65 heavy (non-hydrogen) atoms. The van der Waals surface area contributed by atoms with Crippen LogP contribution in [0.4, 0.5) is 0 Å². The van der Waals surface area contributed by atoms with Crippen molar-refractivity contribution >= 4 is 5.57 Å². The highest BCUT2D eigenvalue weighted by Gasteiger charge is 2.37. The smallest absolute Gasteiger partial charge is 0.131 e. The van der Waals surface area contributed by atoms with Gasteiger partial charge in [-0.25, -0.2) is 0 Å². The van der Waals surface area contributed by atoms with Gasteiger partial charge >= 0.3 is 0 Å². The number of benzene rings is 5. The highest BCUT2D eigenvalue weighted by Crippen LogP contribution is 2.54. The number of hydrogen-bond acceptors (Lipinski definition) is 4. The summed E-state index contributed by atoms with van der Waals surface area (Å²) >= 11 is 0. The minimum Gasteiger partial charge on any atom is -0.507 e. The molecule has 0 heterocycles. The molecule has 2 N–H and O–H groups in total. The Morgan fingerprint density at radius 2 is 1.05 bits per heavy atom. The Morgan fingerprint density at radius 1 is 0.538 bits per heavy atom. The fourth-order valence-electron chi connectivity index (χ4n) is 12.6. The van der Waals surface area contributed by atoms with Gasteiger partial charge in [0.05, 0.1) is 0 Å². The van der Waals surface area contributed by atoms with Crippen LogP contribution in [0.1, 0.15) is 149 Å². The van der Waals surface area contributed by atoms with Crippen LogP contribution in [0.25, 0.3) is 39.0 Å². The molecule has 0 aromatic heterocycles. The number of aromatic hydroxyl groups is 2. The summed E-state index contributed by atoms with van der Waals surface area (Å²) in [5.74, 6) is 3.37. The molecule has 0 amide bonds. The molecular weight excluding hydrogens is 797 g/mol. The lowest BCUT2D eigenvalue weighted by atomic mass is 9.65. The number of para-hydroxylation sites is 2. The van der Waals surface area contributed by atoms with Crippen LogP contribution in [0.2, 0.25) is 0 Å². The van der Waals surface area contributed by atoms with E-state index >= 15 is 0 Å². The van der Waals surface area contributed by atoms with Crippen molar-refractivity contribution in [2.24, 2.45) is 11.8 Å². The molecule has 4 atom stereocenters. The molecule has 2 saturated carbocycles. The number of ether oxygens (including phenoxy) is 2. The monoisotopic (exact) mass is 867 g/mol. The van der Waals surface area contributed by atoms with Crippen LogP contribution in [0, 0.1) is 25.7 Å². The Kier molecular flexibility index (Phi) is 12.7. The predicted molar refractivity (Wildman–Crippen MR) is 268 cm³/mol. The van der Waals surface area contributed by atoms with E-state index in [1.807, 2.05) is 12.1 Å². The molecule has 5 aromatic rings.